The van der Waals surface area contributed by atoms with Crippen molar-refractivity contribution >= 4 is 33.2 Å². The van der Waals surface area contributed by atoms with Crippen LogP contribution < -0.4 is 16.2 Å². The number of rotatable bonds is 4. The van der Waals surface area contributed by atoms with E-state index in [2.05, 4.69) is 5.32 Å². The minimum Gasteiger partial charge on any atom is -0.325 e. The van der Waals surface area contributed by atoms with Crippen LogP contribution in [-0.2, 0) is 14.8 Å². The van der Waals surface area contributed by atoms with Crippen LogP contribution in [0.2, 0.25) is 5.02 Å². The van der Waals surface area contributed by atoms with Crippen LogP contribution in [-0.4, -0.2) is 19.9 Å². The number of nitrogens with two attached hydrogens (primary N) is 2. The van der Waals surface area contributed by atoms with Gasteiger partial charge in [0, 0.05) is 5.54 Å². The highest BCUT2D eigenvalue weighted by molar-refractivity contribution is 7.89. The number of hydrogen-bond acceptors (Lipinski definition) is 4. The third kappa shape index (κ3) is 3.94. The van der Waals surface area contributed by atoms with Crippen LogP contribution in [0.3, 0.4) is 0 Å². The molecule has 0 aliphatic carbocycles. The first-order valence-corrected chi connectivity index (χ1v) is 8.12. The molecule has 0 aromatic heterocycles. The number of carbonyl (C=O) groups is 1. The van der Waals surface area contributed by atoms with Gasteiger partial charge in [-0.1, -0.05) is 11.6 Å². The molecule has 0 aliphatic rings. The van der Waals surface area contributed by atoms with Crippen LogP contribution in [0.1, 0.15) is 27.7 Å². The lowest BCUT2D eigenvalue weighted by atomic mass is 9.74. The summed E-state index contributed by atoms with van der Waals surface area (Å²) >= 11 is 5.97. The normalized spacial score (nSPS) is 13.1. The molecule has 0 spiro atoms. The van der Waals surface area contributed by atoms with Crippen molar-refractivity contribution in [1.29, 1.82) is 0 Å². The molecule has 8 heteroatoms. The van der Waals surface area contributed by atoms with Crippen LogP contribution >= 0.6 is 11.6 Å². The van der Waals surface area contributed by atoms with Crippen molar-refractivity contribution < 1.29 is 13.2 Å². The Morgan fingerprint density at radius 2 is 1.76 bits per heavy atom. The van der Waals surface area contributed by atoms with Crippen LogP contribution in [0, 0.1) is 5.41 Å². The van der Waals surface area contributed by atoms with E-state index in [0.29, 0.717) is 0 Å². The van der Waals surface area contributed by atoms with Crippen LogP contribution in [0.15, 0.2) is 23.1 Å². The summed E-state index contributed by atoms with van der Waals surface area (Å²) in [5.41, 5.74) is 4.50. The van der Waals surface area contributed by atoms with E-state index < -0.39 is 21.0 Å². The number of primary sulfonamides is 1. The zero-order valence-electron chi connectivity index (χ0n) is 12.4. The first-order chi connectivity index (χ1) is 9.26. The smallest absolute Gasteiger partial charge is 0.238 e. The molecule has 5 N–H and O–H groups in total. The van der Waals surface area contributed by atoms with Gasteiger partial charge in [-0.25, -0.2) is 13.6 Å². The molecule has 0 aliphatic heterocycles. The minimum atomic E-state index is -3.88. The van der Waals surface area contributed by atoms with Crippen molar-refractivity contribution in [1.82, 2.24) is 0 Å². The zero-order valence-corrected chi connectivity index (χ0v) is 14.0. The Labute approximate surface area is 129 Å². The van der Waals surface area contributed by atoms with Crippen LogP contribution in [0.25, 0.3) is 0 Å². The number of anilines is 1. The summed E-state index contributed by atoms with van der Waals surface area (Å²) < 4.78 is 22.7. The van der Waals surface area contributed by atoms with Gasteiger partial charge in [0.25, 0.3) is 0 Å². The van der Waals surface area contributed by atoms with Crippen molar-refractivity contribution in [3.63, 3.8) is 0 Å². The van der Waals surface area contributed by atoms with Gasteiger partial charge in [-0.15, -0.1) is 0 Å². The molecule has 1 aromatic rings. The summed E-state index contributed by atoms with van der Waals surface area (Å²) in [4.78, 5) is 12.2. The Morgan fingerprint density at radius 3 is 2.19 bits per heavy atom. The van der Waals surface area contributed by atoms with Gasteiger partial charge in [0.1, 0.15) is 0 Å². The molecule has 0 radical (unpaired) electrons. The molecule has 118 valence electrons. The Kier molecular flexibility index (Phi) is 4.74. The third-order valence-corrected chi connectivity index (χ3v) is 4.93. The van der Waals surface area contributed by atoms with Gasteiger partial charge in [0.2, 0.25) is 15.9 Å². The van der Waals surface area contributed by atoms with Crippen molar-refractivity contribution in [2.45, 2.75) is 38.1 Å². The van der Waals surface area contributed by atoms with Crippen molar-refractivity contribution in [2.75, 3.05) is 5.32 Å². The Hall–Kier alpha value is -1.15. The number of nitrogens with one attached hydrogen (secondary N) is 1. The lowest BCUT2D eigenvalue weighted by Gasteiger charge is -2.36. The molecule has 1 aromatic carbocycles. The number of hydrogen-bond donors (Lipinski definition) is 3. The van der Waals surface area contributed by atoms with E-state index in [1.54, 1.807) is 27.7 Å². The van der Waals surface area contributed by atoms with Gasteiger partial charge in [-0.3, -0.25) is 4.79 Å². The number of carbonyl (C=O) groups excluding carboxylic acids is 1. The van der Waals surface area contributed by atoms with E-state index in [9.17, 15) is 13.2 Å². The Morgan fingerprint density at radius 1 is 1.24 bits per heavy atom. The fourth-order valence-corrected chi connectivity index (χ4v) is 2.05. The maximum Gasteiger partial charge on any atom is 0.238 e. The number of amides is 1. The summed E-state index contributed by atoms with van der Waals surface area (Å²) in [5.74, 6) is -0.372. The number of benzene rings is 1. The molecule has 0 unspecified atom stereocenters. The highest BCUT2D eigenvalue weighted by Crippen LogP contribution is 2.32. The molecule has 0 atom stereocenters. The summed E-state index contributed by atoms with van der Waals surface area (Å²) in [5, 5.41) is 7.87. The second kappa shape index (κ2) is 5.57. The topological polar surface area (TPSA) is 115 Å². The Bertz CT molecular complexity index is 664. The second-order valence-electron chi connectivity index (χ2n) is 5.99. The van der Waals surface area contributed by atoms with E-state index in [-0.39, 0.29) is 21.5 Å². The molecule has 0 bridgehead atoms. The standard InChI is InChI=1S/C13H20ClN3O3S/c1-12(2,13(3,4)15)11(18)17-10-7-8(21(16,19)20)5-6-9(10)14/h5-7H,15H2,1-4H3,(H,17,18)(H2,16,19,20). The van der Waals surface area contributed by atoms with Gasteiger partial charge < -0.3 is 11.1 Å². The third-order valence-electron chi connectivity index (χ3n) is 3.69. The highest BCUT2D eigenvalue weighted by Gasteiger charge is 2.40. The lowest BCUT2D eigenvalue weighted by molar-refractivity contribution is -0.126. The van der Waals surface area contributed by atoms with E-state index >= 15 is 0 Å². The molecule has 0 saturated carbocycles. The van der Waals surface area contributed by atoms with Gasteiger partial charge in [-0.05, 0) is 45.9 Å². The maximum atomic E-state index is 12.4. The largest absolute Gasteiger partial charge is 0.325 e. The zero-order chi connectivity index (χ0) is 16.6. The molecule has 6 nitrogen and oxygen atoms in total. The molecule has 0 heterocycles. The monoisotopic (exact) mass is 333 g/mol. The van der Waals surface area contributed by atoms with Crippen LogP contribution in [0.5, 0.6) is 0 Å². The highest BCUT2D eigenvalue weighted by atomic mass is 35.5. The van der Waals surface area contributed by atoms with E-state index in [4.69, 9.17) is 22.5 Å². The molecule has 0 fully saturated rings. The first-order valence-electron chi connectivity index (χ1n) is 6.19. The quantitative estimate of drug-likeness (QED) is 0.777. The lowest BCUT2D eigenvalue weighted by Crippen LogP contribution is -2.53. The summed E-state index contributed by atoms with van der Waals surface area (Å²) in [6, 6.07) is 3.85. The van der Waals surface area contributed by atoms with Crippen molar-refractivity contribution in [3.8, 4) is 0 Å². The predicted molar refractivity (Wildman–Crippen MR) is 83.5 cm³/mol. The van der Waals surface area contributed by atoms with Crippen molar-refractivity contribution in [2.24, 2.45) is 16.3 Å². The molecule has 1 rings (SSSR count). The fraction of sp³-hybridized carbons (Fsp3) is 0.462. The predicted octanol–water partition coefficient (Wildman–Crippen LogP) is 1.69. The van der Waals surface area contributed by atoms with Gasteiger partial charge in [0.15, 0.2) is 0 Å². The van der Waals surface area contributed by atoms with Crippen LogP contribution in [0.4, 0.5) is 5.69 Å². The van der Waals surface area contributed by atoms with Crippen molar-refractivity contribution in [3.05, 3.63) is 23.2 Å². The maximum absolute atomic E-state index is 12.4. The minimum absolute atomic E-state index is 0.132. The van der Waals surface area contributed by atoms with Gasteiger partial charge in [0.05, 0.1) is 21.0 Å². The van der Waals surface area contributed by atoms with Gasteiger partial charge in [-0.2, -0.15) is 0 Å². The van der Waals surface area contributed by atoms with E-state index in [0.717, 1.165) is 0 Å². The summed E-state index contributed by atoms with van der Waals surface area (Å²) in [7, 11) is -3.88. The Balaban J connectivity index is 3.18. The fourth-order valence-electron chi connectivity index (χ4n) is 1.35. The molecule has 21 heavy (non-hydrogen) atoms. The molecular weight excluding hydrogens is 314 g/mol. The average molecular weight is 334 g/mol. The molecular formula is C13H20ClN3O3S. The second-order valence-corrected chi connectivity index (χ2v) is 7.96. The number of halogens is 1. The summed E-state index contributed by atoms with van der Waals surface area (Å²) in [6.45, 7) is 6.85. The first kappa shape index (κ1) is 17.9. The average Bonchev–Trinajstić information content (AvgIpc) is 2.28. The van der Waals surface area contributed by atoms with Gasteiger partial charge >= 0.3 is 0 Å². The van der Waals surface area contributed by atoms with E-state index in [1.807, 2.05) is 0 Å². The summed E-state index contributed by atoms with van der Waals surface area (Å²) in [6.07, 6.45) is 0. The number of sulfonamides is 1. The molecule has 0 saturated heterocycles. The van der Waals surface area contributed by atoms with E-state index in [1.165, 1.54) is 18.2 Å². The molecule has 1 amide bonds. The SMILES string of the molecule is CC(C)(N)C(C)(C)C(=O)Nc1cc(S(N)(=O)=O)ccc1Cl.